The number of amides is 3. The molecule has 3 aliphatic heterocycles. The smallest absolute Gasteiger partial charge is 0.262 e. The van der Waals surface area contributed by atoms with Crippen LogP contribution < -0.4 is 10.6 Å². The van der Waals surface area contributed by atoms with Gasteiger partial charge in [0.15, 0.2) is 5.17 Å². The van der Waals surface area contributed by atoms with E-state index in [4.69, 9.17) is 4.74 Å². The molecular weight excluding hydrogens is 416 g/mol. The van der Waals surface area contributed by atoms with Gasteiger partial charge in [-0.2, -0.15) is 4.99 Å². The molecule has 0 bridgehead atoms. The van der Waals surface area contributed by atoms with Crippen molar-refractivity contribution in [2.45, 2.75) is 56.4 Å². The van der Waals surface area contributed by atoms with Crippen LogP contribution in [0, 0.1) is 0 Å². The van der Waals surface area contributed by atoms with E-state index in [1.54, 1.807) is 24.3 Å². The Bertz CT molecular complexity index is 861. The summed E-state index contributed by atoms with van der Waals surface area (Å²) in [5.41, 5.74) is 1.11. The van der Waals surface area contributed by atoms with Crippen molar-refractivity contribution in [2.24, 2.45) is 4.99 Å². The second kappa shape index (κ2) is 9.82. The summed E-state index contributed by atoms with van der Waals surface area (Å²) in [6.07, 6.45) is 4.34. The minimum absolute atomic E-state index is 0.0523. The number of ether oxygens (including phenoxy) is 1. The molecule has 0 saturated carbocycles. The van der Waals surface area contributed by atoms with Crippen LogP contribution in [0.15, 0.2) is 29.3 Å². The van der Waals surface area contributed by atoms with Crippen molar-refractivity contribution in [3.8, 4) is 0 Å². The van der Waals surface area contributed by atoms with Gasteiger partial charge in [-0.15, -0.1) is 0 Å². The minimum Gasteiger partial charge on any atom is -0.376 e. The summed E-state index contributed by atoms with van der Waals surface area (Å²) in [6.45, 7) is 4.54. The van der Waals surface area contributed by atoms with Gasteiger partial charge in [-0.05, 0) is 56.9 Å². The molecule has 2 fully saturated rings. The topological polar surface area (TPSA) is 100 Å². The van der Waals surface area contributed by atoms with Gasteiger partial charge >= 0.3 is 0 Å². The Hall–Kier alpha value is -2.39. The lowest BCUT2D eigenvalue weighted by molar-refractivity contribution is -0.121. The molecule has 3 aliphatic rings. The van der Waals surface area contributed by atoms with Crippen LogP contribution in [0.25, 0.3) is 0 Å². The molecule has 0 radical (unpaired) electrons. The first-order valence-corrected chi connectivity index (χ1v) is 11.7. The molecule has 3 atom stereocenters. The van der Waals surface area contributed by atoms with Gasteiger partial charge in [0.05, 0.1) is 12.1 Å². The third-order valence-electron chi connectivity index (χ3n) is 5.79. The number of carbonyl (C=O) groups excluding carboxylic acids is 3. The highest BCUT2D eigenvalue weighted by atomic mass is 32.2. The molecule has 31 heavy (non-hydrogen) atoms. The molecule has 166 valence electrons. The van der Waals surface area contributed by atoms with Gasteiger partial charge in [-0.3, -0.25) is 14.4 Å². The molecule has 1 aromatic rings. The molecule has 2 saturated heterocycles. The van der Waals surface area contributed by atoms with Gasteiger partial charge in [0.1, 0.15) is 5.25 Å². The van der Waals surface area contributed by atoms with Crippen LogP contribution in [0.4, 0.5) is 5.69 Å². The highest BCUT2D eigenvalue weighted by Gasteiger charge is 2.33. The Kier molecular flexibility index (Phi) is 6.92. The maximum absolute atomic E-state index is 12.4. The number of thioether (sulfide) groups is 1. The van der Waals surface area contributed by atoms with Gasteiger partial charge in [-0.1, -0.05) is 11.8 Å². The molecule has 3 amide bonds. The summed E-state index contributed by atoms with van der Waals surface area (Å²) in [7, 11) is 0. The van der Waals surface area contributed by atoms with Gasteiger partial charge in [0.2, 0.25) is 5.91 Å². The summed E-state index contributed by atoms with van der Waals surface area (Å²) in [5, 5.41) is 6.05. The zero-order valence-electron chi connectivity index (χ0n) is 17.6. The quantitative estimate of drug-likeness (QED) is 0.699. The summed E-state index contributed by atoms with van der Waals surface area (Å²) >= 11 is 1.38. The largest absolute Gasteiger partial charge is 0.376 e. The molecule has 4 rings (SSSR count). The van der Waals surface area contributed by atoms with Crippen molar-refractivity contribution >= 4 is 40.3 Å². The highest BCUT2D eigenvalue weighted by Crippen LogP contribution is 2.29. The van der Waals surface area contributed by atoms with Crippen LogP contribution in [0.1, 0.15) is 49.4 Å². The number of hydrogen-bond donors (Lipinski definition) is 2. The van der Waals surface area contributed by atoms with Crippen LogP contribution in [-0.4, -0.2) is 64.9 Å². The summed E-state index contributed by atoms with van der Waals surface area (Å²) < 4.78 is 5.61. The van der Waals surface area contributed by atoms with Crippen molar-refractivity contribution in [1.29, 1.82) is 0 Å². The van der Waals surface area contributed by atoms with Crippen molar-refractivity contribution < 1.29 is 19.1 Å². The fourth-order valence-corrected chi connectivity index (χ4v) is 5.14. The summed E-state index contributed by atoms with van der Waals surface area (Å²) in [5.74, 6) is -0.650. The monoisotopic (exact) mass is 444 g/mol. The number of rotatable bonds is 6. The lowest BCUT2D eigenvalue weighted by Crippen LogP contribution is -2.40. The Morgan fingerprint density at radius 1 is 1.23 bits per heavy atom. The number of carbonyl (C=O) groups is 3. The molecule has 0 aromatic heterocycles. The first-order chi connectivity index (χ1) is 15.0. The van der Waals surface area contributed by atoms with E-state index < -0.39 is 5.25 Å². The normalized spacial score (nSPS) is 24.2. The first kappa shape index (κ1) is 21.8. The van der Waals surface area contributed by atoms with Gasteiger partial charge in [-0.25, -0.2) is 0 Å². The standard InChI is InChI=1S/C22H28N4O4S/c1-14(17-5-4-12-30-17)23-20(28)15-6-8-16(9-7-15)24-19(27)13-18-21(29)25-22(31-18)26-10-2-3-11-26/h6-9,14,17-18H,2-5,10-13H2,1H3,(H,23,28)(H,24,27). The van der Waals surface area contributed by atoms with E-state index >= 15 is 0 Å². The molecule has 3 unspecified atom stereocenters. The SMILES string of the molecule is CC(NC(=O)c1ccc(NC(=O)CC2SC(N3CCCC3)=NC2=O)cc1)C1CCCO1. The van der Waals surface area contributed by atoms with E-state index in [1.165, 1.54) is 11.8 Å². The van der Waals surface area contributed by atoms with E-state index in [9.17, 15) is 14.4 Å². The average molecular weight is 445 g/mol. The number of anilines is 1. The number of benzene rings is 1. The van der Waals surface area contributed by atoms with Crippen LogP contribution in [0.3, 0.4) is 0 Å². The average Bonchev–Trinajstić information content (AvgIpc) is 3.51. The Labute approximate surface area is 186 Å². The Morgan fingerprint density at radius 3 is 2.65 bits per heavy atom. The highest BCUT2D eigenvalue weighted by molar-refractivity contribution is 8.15. The van der Waals surface area contributed by atoms with Crippen LogP contribution in [0.5, 0.6) is 0 Å². The molecule has 0 aliphatic carbocycles. The van der Waals surface area contributed by atoms with Crippen LogP contribution in [0.2, 0.25) is 0 Å². The molecule has 9 heteroatoms. The molecular formula is C22H28N4O4S. The second-order valence-corrected chi connectivity index (χ2v) is 9.35. The molecule has 8 nitrogen and oxygen atoms in total. The van der Waals surface area contributed by atoms with Gasteiger partial charge in [0, 0.05) is 37.4 Å². The molecule has 0 spiro atoms. The van der Waals surface area contributed by atoms with Crippen molar-refractivity contribution in [3.05, 3.63) is 29.8 Å². The minimum atomic E-state index is -0.472. The number of nitrogens with zero attached hydrogens (tertiary/aromatic N) is 2. The van der Waals surface area contributed by atoms with E-state index in [-0.39, 0.29) is 36.3 Å². The fourth-order valence-electron chi connectivity index (χ4n) is 4.02. The molecule has 2 N–H and O–H groups in total. The van der Waals surface area contributed by atoms with Gasteiger partial charge < -0.3 is 20.3 Å². The predicted octanol–water partition coefficient (Wildman–Crippen LogP) is 2.41. The predicted molar refractivity (Wildman–Crippen MR) is 120 cm³/mol. The second-order valence-electron chi connectivity index (χ2n) is 8.18. The number of amidine groups is 1. The van der Waals surface area contributed by atoms with E-state index in [1.807, 2.05) is 6.92 Å². The maximum Gasteiger partial charge on any atom is 0.262 e. The Morgan fingerprint density at radius 2 is 1.97 bits per heavy atom. The van der Waals surface area contributed by atoms with E-state index in [0.29, 0.717) is 11.3 Å². The lowest BCUT2D eigenvalue weighted by Gasteiger charge is -2.20. The van der Waals surface area contributed by atoms with Gasteiger partial charge in [0.25, 0.3) is 11.8 Å². The number of aliphatic imine (C=N–C) groups is 1. The number of hydrogen-bond acceptors (Lipinski definition) is 6. The number of nitrogens with one attached hydrogen (secondary N) is 2. The third kappa shape index (κ3) is 5.46. The fraction of sp³-hybridized carbons (Fsp3) is 0.545. The van der Waals surface area contributed by atoms with E-state index in [2.05, 4.69) is 20.5 Å². The summed E-state index contributed by atoms with van der Waals surface area (Å²) in [6, 6.07) is 6.69. The molecule has 3 heterocycles. The number of likely N-dealkylation sites (tertiary alicyclic amines) is 1. The third-order valence-corrected chi connectivity index (χ3v) is 7.00. The lowest BCUT2D eigenvalue weighted by atomic mass is 10.1. The van der Waals surface area contributed by atoms with Crippen LogP contribution in [-0.2, 0) is 14.3 Å². The van der Waals surface area contributed by atoms with Crippen molar-refractivity contribution in [2.75, 3.05) is 25.0 Å². The maximum atomic E-state index is 12.4. The van der Waals surface area contributed by atoms with Crippen molar-refractivity contribution in [1.82, 2.24) is 10.2 Å². The van der Waals surface area contributed by atoms with E-state index in [0.717, 1.165) is 50.5 Å². The van der Waals surface area contributed by atoms with Crippen molar-refractivity contribution in [3.63, 3.8) is 0 Å². The zero-order valence-corrected chi connectivity index (χ0v) is 18.5. The summed E-state index contributed by atoms with van der Waals surface area (Å²) in [4.78, 5) is 43.3. The van der Waals surface area contributed by atoms with Crippen LogP contribution >= 0.6 is 11.8 Å². The zero-order chi connectivity index (χ0) is 21.8. The first-order valence-electron chi connectivity index (χ1n) is 10.9. The molecule has 1 aromatic carbocycles. The Balaban J connectivity index is 1.25.